The van der Waals surface area contributed by atoms with Crippen LogP contribution in [0.3, 0.4) is 0 Å². The minimum absolute atomic E-state index is 0.0386. The second kappa shape index (κ2) is 9.64. The summed E-state index contributed by atoms with van der Waals surface area (Å²) < 4.78 is -0.806. The predicted molar refractivity (Wildman–Crippen MR) is 137 cm³/mol. The first-order valence-corrected chi connectivity index (χ1v) is 13.4. The summed E-state index contributed by atoms with van der Waals surface area (Å²) in [6.45, 7) is 1.43. The molecule has 0 radical (unpaired) electrons. The molecular weight excluding hydrogens is 486 g/mol. The fourth-order valence-electron chi connectivity index (χ4n) is 5.93. The summed E-state index contributed by atoms with van der Waals surface area (Å²) in [6, 6.07) is 6.45. The minimum atomic E-state index is -0.806. The van der Waals surface area contributed by atoms with E-state index in [0.717, 1.165) is 12.1 Å². The molecule has 4 heterocycles. The molecule has 5 atom stereocenters. The van der Waals surface area contributed by atoms with Crippen molar-refractivity contribution in [1.29, 1.82) is 0 Å². The van der Waals surface area contributed by atoms with E-state index in [1.165, 1.54) is 0 Å². The van der Waals surface area contributed by atoms with Crippen LogP contribution in [0.5, 0.6) is 0 Å². The molecule has 0 saturated carbocycles. The third-order valence-electron chi connectivity index (χ3n) is 7.56. The van der Waals surface area contributed by atoms with E-state index in [2.05, 4.69) is 0 Å². The van der Waals surface area contributed by atoms with Crippen LogP contribution in [-0.4, -0.2) is 82.0 Å². The van der Waals surface area contributed by atoms with Gasteiger partial charge < -0.3 is 19.8 Å². The quantitative estimate of drug-likeness (QED) is 0.465. The SMILES string of the molecule is CN1CC=C[C@H]2S[C@]34C=CCN(c5ccc(Cl)cc5)C(=O)C3N(CCCCCO)C(=O)[C@@H]4[C@H]2C1=O. The fraction of sp³-hybridized carbons (Fsp3) is 0.500. The van der Waals surface area contributed by atoms with Crippen LogP contribution < -0.4 is 4.90 Å². The van der Waals surface area contributed by atoms with E-state index in [4.69, 9.17) is 11.6 Å². The minimum Gasteiger partial charge on any atom is -0.396 e. The van der Waals surface area contributed by atoms with Gasteiger partial charge in [0.05, 0.1) is 16.6 Å². The van der Waals surface area contributed by atoms with Crippen LogP contribution in [0.1, 0.15) is 19.3 Å². The summed E-state index contributed by atoms with van der Waals surface area (Å²) in [4.78, 5) is 46.8. The third-order valence-corrected chi connectivity index (χ3v) is 9.55. The molecule has 1 unspecified atom stereocenters. The van der Waals surface area contributed by atoms with Gasteiger partial charge in [-0.25, -0.2) is 0 Å². The Morgan fingerprint density at radius 2 is 1.80 bits per heavy atom. The average Bonchev–Trinajstić information content (AvgIpc) is 3.16. The van der Waals surface area contributed by atoms with E-state index >= 15 is 0 Å². The van der Waals surface area contributed by atoms with Crippen LogP contribution in [0.2, 0.25) is 5.02 Å². The maximum Gasteiger partial charge on any atom is 0.251 e. The molecule has 2 saturated heterocycles. The first-order chi connectivity index (χ1) is 16.9. The van der Waals surface area contributed by atoms with E-state index in [1.54, 1.807) is 45.6 Å². The lowest BCUT2D eigenvalue weighted by atomic mass is 9.78. The molecule has 1 spiro atoms. The van der Waals surface area contributed by atoms with E-state index in [0.29, 0.717) is 37.5 Å². The molecule has 1 aromatic carbocycles. The summed E-state index contributed by atoms with van der Waals surface area (Å²) in [6.07, 6.45) is 10.1. The number of anilines is 1. The average molecular weight is 516 g/mol. The number of benzene rings is 1. The van der Waals surface area contributed by atoms with Crippen molar-refractivity contribution in [2.45, 2.75) is 35.3 Å². The Morgan fingerprint density at radius 3 is 2.54 bits per heavy atom. The molecule has 3 amide bonds. The molecule has 4 aliphatic rings. The Morgan fingerprint density at radius 1 is 1.03 bits per heavy atom. The van der Waals surface area contributed by atoms with E-state index in [1.807, 2.05) is 36.4 Å². The van der Waals surface area contributed by atoms with Crippen molar-refractivity contribution in [1.82, 2.24) is 9.80 Å². The number of thioether (sulfide) groups is 1. The van der Waals surface area contributed by atoms with Gasteiger partial charge in [-0.15, -0.1) is 11.8 Å². The zero-order valence-electron chi connectivity index (χ0n) is 19.7. The van der Waals surface area contributed by atoms with Gasteiger partial charge in [-0.3, -0.25) is 14.4 Å². The second-order valence-corrected chi connectivity index (χ2v) is 11.6. The molecule has 4 aliphatic heterocycles. The fourth-order valence-corrected chi connectivity index (χ4v) is 8.06. The monoisotopic (exact) mass is 515 g/mol. The van der Waals surface area contributed by atoms with Gasteiger partial charge in [0.2, 0.25) is 11.8 Å². The van der Waals surface area contributed by atoms with Crippen molar-refractivity contribution in [3.63, 3.8) is 0 Å². The lowest BCUT2D eigenvalue weighted by Crippen LogP contribution is -2.53. The van der Waals surface area contributed by atoms with E-state index in [9.17, 15) is 19.5 Å². The van der Waals surface area contributed by atoms with Crippen LogP contribution in [0.15, 0.2) is 48.6 Å². The third kappa shape index (κ3) is 3.99. The van der Waals surface area contributed by atoms with Gasteiger partial charge in [-0.2, -0.15) is 0 Å². The number of halogens is 1. The highest BCUT2D eigenvalue weighted by Crippen LogP contribution is 2.61. The van der Waals surface area contributed by atoms with Crippen LogP contribution in [-0.2, 0) is 14.4 Å². The lowest BCUT2D eigenvalue weighted by molar-refractivity contribution is -0.142. The van der Waals surface area contributed by atoms with Gasteiger partial charge in [0.1, 0.15) is 6.04 Å². The Balaban J connectivity index is 1.56. The number of fused-ring (bicyclic) bond motifs is 2. The molecular formula is C26H30ClN3O4S. The number of likely N-dealkylation sites (N-methyl/N-ethyl adjacent to an activating group) is 1. The summed E-state index contributed by atoms with van der Waals surface area (Å²) >= 11 is 7.67. The predicted octanol–water partition coefficient (Wildman–Crippen LogP) is 2.73. The van der Waals surface area contributed by atoms with Gasteiger partial charge in [0, 0.05) is 49.2 Å². The molecule has 0 bridgehead atoms. The van der Waals surface area contributed by atoms with Gasteiger partial charge in [-0.1, -0.05) is 35.9 Å². The Kier molecular flexibility index (Phi) is 6.72. The van der Waals surface area contributed by atoms with Crippen molar-refractivity contribution in [3.05, 3.63) is 53.6 Å². The normalized spacial score (nSPS) is 32.0. The zero-order valence-corrected chi connectivity index (χ0v) is 21.3. The number of nitrogens with zero attached hydrogens (tertiary/aromatic N) is 3. The number of carbonyl (C=O) groups is 3. The van der Waals surface area contributed by atoms with E-state index in [-0.39, 0.29) is 29.6 Å². The number of unbranched alkanes of at least 4 members (excludes halogenated alkanes) is 2. The van der Waals surface area contributed by atoms with Gasteiger partial charge in [0.15, 0.2) is 0 Å². The van der Waals surface area contributed by atoms with Crippen molar-refractivity contribution < 1.29 is 19.5 Å². The van der Waals surface area contributed by atoms with Crippen LogP contribution in [0.4, 0.5) is 5.69 Å². The standard InChI is InChI=1S/C26H30ClN3O4S/c1-28-13-5-7-19-20(23(28)32)21-24(33)30(14-3-2-4-16-31)22-25(34)29(15-6-12-26(21,22)35-19)18-10-8-17(27)9-11-18/h5-12,19-22,31H,2-4,13-16H2,1H3/t19-,20+,21+,22?,26+/m1/s1. The first kappa shape index (κ1) is 24.4. The molecule has 7 nitrogen and oxygen atoms in total. The highest BCUT2D eigenvalue weighted by atomic mass is 35.5. The highest BCUT2D eigenvalue weighted by molar-refractivity contribution is 8.02. The molecule has 5 rings (SSSR count). The number of carbonyl (C=O) groups excluding carboxylic acids is 3. The lowest BCUT2D eigenvalue weighted by Gasteiger charge is -2.35. The number of likely N-dealkylation sites (tertiary alicyclic amines) is 1. The Bertz CT molecular complexity index is 1080. The van der Waals surface area contributed by atoms with Gasteiger partial charge in [0.25, 0.3) is 5.91 Å². The number of hydrogen-bond donors (Lipinski definition) is 1. The van der Waals surface area contributed by atoms with Crippen LogP contribution in [0.25, 0.3) is 0 Å². The van der Waals surface area contributed by atoms with Crippen molar-refractivity contribution in [2.24, 2.45) is 11.8 Å². The number of aliphatic hydroxyl groups is 1. The van der Waals surface area contributed by atoms with Crippen molar-refractivity contribution >= 4 is 46.8 Å². The maximum absolute atomic E-state index is 14.2. The van der Waals surface area contributed by atoms with Gasteiger partial charge >= 0.3 is 0 Å². The van der Waals surface area contributed by atoms with Crippen LogP contribution in [0, 0.1) is 11.8 Å². The van der Waals surface area contributed by atoms with Crippen molar-refractivity contribution in [3.8, 4) is 0 Å². The number of amides is 3. The molecule has 0 aliphatic carbocycles. The highest BCUT2D eigenvalue weighted by Gasteiger charge is 2.70. The summed E-state index contributed by atoms with van der Waals surface area (Å²) in [5.74, 6) is -1.39. The molecule has 186 valence electrons. The topological polar surface area (TPSA) is 81.2 Å². The largest absolute Gasteiger partial charge is 0.396 e. The molecule has 0 aromatic heterocycles. The second-order valence-electron chi connectivity index (χ2n) is 9.63. The summed E-state index contributed by atoms with van der Waals surface area (Å²) in [5, 5.41) is 9.62. The summed E-state index contributed by atoms with van der Waals surface area (Å²) in [7, 11) is 1.77. The smallest absolute Gasteiger partial charge is 0.251 e. The van der Waals surface area contributed by atoms with Gasteiger partial charge in [-0.05, 0) is 43.5 Å². The Labute approximate surface area is 214 Å². The number of hydrogen-bond acceptors (Lipinski definition) is 5. The maximum atomic E-state index is 14.2. The zero-order chi connectivity index (χ0) is 24.7. The molecule has 1 aromatic rings. The molecule has 1 N–H and O–H groups in total. The van der Waals surface area contributed by atoms with Crippen LogP contribution >= 0.6 is 23.4 Å². The van der Waals surface area contributed by atoms with E-state index < -0.39 is 22.6 Å². The van der Waals surface area contributed by atoms with Crippen molar-refractivity contribution in [2.75, 3.05) is 38.2 Å². The number of aliphatic hydroxyl groups excluding tert-OH is 1. The summed E-state index contributed by atoms with van der Waals surface area (Å²) in [5.41, 5.74) is 0.727. The molecule has 9 heteroatoms. The molecule has 35 heavy (non-hydrogen) atoms. The molecule has 2 fully saturated rings. The number of rotatable bonds is 6. The Hall–Kier alpha value is -2.29. The first-order valence-electron chi connectivity index (χ1n) is 12.1.